The molecule has 4 aromatic rings. The van der Waals surface area contributed by atoms with E-state index in [2.05, 4.69) is 15.7 Å². The van der Waals surface area contributed by atoms with Crippen molar-refractivity contribution in [3.05, 3.63) is 117 Å². The number of carbonyl (C=O) groups is 3. The van der Waals surface area contributed by atoms with Crippen molar-refractivity contribution in [2.75, 3.05) is 5.32 Å². The van der Waals surface area contributed by atoms with Crippen LogP contribution in [0, 0.1) is 13.8 Å². The zero-order chi connectivity index (χ0) is 32.2. The maximum absolute atomic E-state index is 13.4. The van der Waals surface area contributed by atoms with Gasteiger partial charge in [-0.05, 0) is 68.7 Å². The molecule has 0 aliphatic rings. The SMILES string of the molecule is Cc1cc(Cn2nc(C(F)(F)F)cc2C)ccc1NC(=O)c1cccc(Cl)c1C(=O)NC(C)(C)C(=O)OCc1ccccc1. The average Bonchev–Trinajstić information content (AvgIpc) is 3.33. The lowest BCUT2D eigenvalue weighted by molar-refractivity contribution is -0.151. The Morgan fingerprint density at radius 2 is 1.61 bits per heavy atom. The van der Waals surface area contributed by atoms with Gasteiger partial charge in [0.2, 0.25) is 0 Å². The number of aryl methyl sites for hydroxylation is 2. The molecule has 0 aliphatic carbocycles. The standard InChI is InChI=1S/C32H30ClF3N4O4/c1-19-15-22(17-40-20(2)16-26(39-40)32(34,35)36)13-14-25(19)37-28(41)23-11-8-12-24(33)27(23)29(42)38-31(3,4)30(43)44-18-21-9-6-5-7-10-21/h5-16H,17-18H2,1-4H3,(H,37,41)(H,38,42). The first-order valence-corrected chi connectivity index (χ1v) is 13.9. The van der Waals surface area contributed by atoms with Gasteiger partial charge in [-0.25, -0.2) is 4.79 Å². The van der Waals surface area contributed by atoms with Crippen molar-refractivity contribution < 1.29 is 32.3 Å². The normalized spacial score (nSPS) is 11.6. The zero-order valence-corrected chi connectivity index (χ0v) is 25.1. The van der Waals surface area contributed by atoms with Gasteiger partial charge in [-0.2, -0.15) is 18.3 Å². The summed E-state index contributed by atoms with van der Waals surface area (Å²) in [6, 6.07) is 19.4. The third-order valence-corrected chi connectivity index (χ3v) is 7.09. The van der Waals surface area contributed by atoms with E-state index in [4.69, 9.17) is 16.3 Å². The minimum Gasteiger partial charge on any atom is -0.459 e. The van der Waals surface area contributed by atoms with E-state index >= 15 is 0 Å². The number of anilines is 1. The van der Waals surface area contributed by atoms with Gasteiger partial charge in [0.1, 0.15) is 12.1 Å². The summed E-state index contributed by atoms with van der Waals surface area (Å²) in [4.78, 5) is 39.5. The van der Waals surface area contributed by atoms with E-state index in [1.165, 1.54) is 43.7 Å². The fourth-order valence-electron chi connectivity index (χ4n) is 4.38. The fourth-order valence-corrected chi connectivity index (χ4v) is 4.64. The third kappa shape index (κ3) is 7.65. The van der Waals surface area contributed by atoms with Crippen molar-refractivity contribution in [3.8, 4) is 0 Å². The molecule has 2 amide bonds. The first-order valence-electron chi connectivity index (χ1n) is 13.5. The Morgan fingerprint density at radius 3 is 2.25 bits per heavy atom. The van der Waals surface area contributed by atoms with Crippen LogP contribution in [0.15, 0.2) is 72.8 Å². The van der Waals surface area contributed by atoms with Crippen LogP contribution in [-0.2, 0) is 28.9 Å². The number of rotatable bonds is 9. The van der Waals surface area contributed by atoms with E-state index in [1.54, 1.807) is 37.3 Å². The largest absolute Gasteiger partial charge is 0.459 e. The summed E-state index contributed by atoms with van der Waals surface area (Å²) in [7, 11) is 0. The minimum absolute atomic E-state index is 0.00323. The van der Waals surface area contributed by atoms with Crippen molar-refractivity contribution >= 4 is 35.1 Å². The van der Waals surface area contributed by atoms with E-state index in [0.29, 0.717) is 22.5 Å². The van der Waals surface area contributed by atoms with Crippen molar-refractivity contribution in [1.82, 2.24) is 15.1 Å². The van der Waals surface area contributed by atoms with Gasteiger partial charge in [0.25, 0.3) is 11.8 Å². The van der Waals surface area contributed by atoms with Gasteiger partial charge in [0.15, 0.2) is 5.69 Å². The molecule has 0 saturated heterocycles. The van der Waals surface area contributed by atoms with Crippen molar-refractivity contribution in [2.45, 2.75) is 52.6 Å². The Balaban J connectivity index is 1.47. The van der Waals surface area contributed by atoms with Crippen LogP contribution in [-0.4, -0.2) is 33.1 Å². The molecule has 44 heavy (non-hydrogen) atoms. The molecule has 8 nitrogen and oxygen atoms in total. The predicted molar refractivity (Wildman–Crippen MR) is 159 cm³/mol. The molecule has 4 rings (SSSR count). The highest BCUT2D eigenvalue weighted by Crippen LogP contribution is 2.29. The fraction of sp³-hybridized carbons (Fsp3) is 0.250. The molecule has 3 aromatic carbocycles. The quantitative estimate of drug-likeness (QED) is 0.201. The number of alkyl halides is 3. The summed E-state index contributed by atoms with van der Waals surface area (Å²) < 4.78 is 45.7. The molecule has 0 fully saturated rings. The maximum atomic E-state index is 13.4. The van der Waals surface area contributed by atoms with Gasteiger partial charge in [0, 0.05) is 11.4 Å². The topological polar surface area (TPSA) is 102 Å². The summed E-state index contributed by atoms with van der Waals surface area (Å²) in [6.07, 6.45) is -4.54. The first kappa shape index (κ1) is 32.3. The zero-order valence-electron chi connectivity index (χ0n) is 24.4. The Kier molecular flexibility index (Phi) is 9.48. The van der Waals surface area contributed by atoms with E-state index in [-0.39, 0.29) is 29.3 Å². The van der Waals surface area contributed by atoms with Gasteiger partial charge in [-0.1, -0.05) is 60.1 Å². The van der Waals surface area contributed by atoms with Crippen molar-refractivity contribution in [3.63, 3.8) is 0 Å². The van der Waals surface area contributed by atoms with Gasteiger partial charge >= 0.3 is 12.1 Å². The maximum Gasteiger partial charge on any atom is 0.435 e. The van der Waals surface area contributed by atoms with Crippen LogP contribution in [0.4, 0.5) is 18.9 Å². The Labute approximate surface area is 257 Å². The van der Waals surface area contributed by atoms with Gasteiger partial charge in [-0.15, -0.1) is 0 Å². The second-order valence-corrected chi connectivity index (χ2v) is 11.1. The number of hydrogen-bond acceptors (Lipinski definition) is 5. The Bertz CT molecular complexity index is 1700. The van der Waals surface area contributed by atoms with Crippen LogP contribution in [0.5, 0.6) is 0 Å². The summed E-state index contributed by atoms with van der Waals surface area (Å²) in [5.74, 6) is -2.05. The molecule has 230 valence electrons. The molecule has 0 unspecified atom stereocenters. The number of benzene rings is 3. The number of esters is 1. The predicted octanol–water partition coefficient (Wildman–Crippen LogP) is 6.72. The van der Waals surface area contributed by atoms with Crippen LogP contribution in [0.2, 0.25) is 5.02 Å². The number of hydrogen-bond donors (Lipinski definition) is 2. The van der Waals surface area contributed by atoms with Crippen LogP contribution in [0.1, 0.15) is 62.6 Å². The van der Waals surface area contributed by atoms with Crippen LogP contribution < -0.4 is 10.6 Å². The van der Waals surface area contributed by atoms with Crippen molar-refractivity contribution in [1.29, 1.82) is 0 Å². The molecule has 1 aromatic heterocycles. The van der Waals surface area contributed by atoms with Gasteiger partial charge in [-0.3, -0.25) is 14.3 Å². The molecule has 0 aliphatic heterocycles. The van der Waals surface area contributed by atoms with E-state index in [9.17, 15) is 27.6 Å². The Morgan fingerprint density at radius 1 is 0.909 bits per heavy atom. The smallest absolute Gasteiger partial charge is 0.435 e. The second-order valence-electron chi connectivity index (χ2n) is 10.7. The number of halogens is 4. The minimum atomic E-state index is -4.54. The second kappa shape index (κ2) is 12.9. The number of nitrogens with zero attached hydrogens (tertiary/aromatic N) is 2. The summed E-state index contributed by atoms with van der Waals surface area (Å²) in [6.45, 7) is 6.34. The third-order valence-electron chi connectivity index (χ3n) is 6.78. The Hall–Kier alpha value is -4.64. The summed E-state index contributed by atoms with van der Waals surface area (Å²) in [5, 5.41) is 9.03. The van der Waals surface area contributed by atoms with Gasteiger partial charge < -0.3 is 15.4 Å². The lowest BCUT2D eigenvalue weighted by Crippen LogP contribution is -2.51. The average molecular weight is 627 g/mol. The molecule has 12 heteroatoms. The molecule has 0 saturated carbocycles. The molecule has 2 N–H and O–H groups in total. The monoisotopic (exact) mass is 626 g/mol. The number of carbonyl (C=O) groups excluding carboxylic acids is 3. The van der Waals surface area contributed by atoms with Crippen LogP contribution in [0.25, 0.3) is 0 Å². The molecule has 0 bridgehead atoms. The first-order chi connectivity index (χ1) is 20.7. The molecule has 1 heterocycles. The summed E-state index contributed by atoms with van der Waals surface area (Å²) >= 11 is 6.36. The number of amides is 2. The number of nitrogens with one attached hydrogen (secondary N) is 2. The molecular formula is C32H30ClF3N4O4. The highest BCUT2D eigenvalue weighted by Gasteiger charge is 2.35. The summed E-state index contributed by atoms with van der Waals surface area (Å²) in [5.41, 5.74) is 0.288. The lowest BCUT2D eigenvalue weighted by Gasteiger charge is -2.25. The lowest BCUT2D eigenvalue weighted by atomic mass is 10.0. The molecular weight excluding hydrogens is 597 g/mol. The highest BCUT2D eigenvalue weighted by molar-refractivity contribution is 6.35. The molecule has 0 radical (unpaired) electrons. The van der Waals surface area contributed by atoms with Crippen LogP contribution in [0.3, 0.4) is 0 Å². The molecule has 0 atom stereocenters. The van der Waals surface area contributed by atoms with E-state index < -0.39 is 35.2 Å². The number of ether oxygens (including phenoxy) is 1. The number of aromatic nitrogens is 2. The van der Waals surface area contributed by atoms with E-state index in [1.807, 2.05) is 18.2 Å². The van der Waals surface area contributed by atoms with Crippen LogP contribution >= 0.6 is 11.6 Å². The van der Waals surface area contributed by atoms with E-state index in [0.717, 1.165) is 11.6 Å². The van der Waals surface area contributed by atoms with Gasteiger partial charge in [0.05, 0.1) is 22.7 Å². The highest BCUT2D eigenvalue weighted by atomic mass is 35.5. The van der Waals surface area contributed by atoms with Crippen molar-refractivity contribution in [2.24, 2.45) is 0 Å². The molecule has 0 spiro atoms.